The monoisotopic (exact) mass is 203 g/mol. The maximum Gasteiger partial charge on any atom is 0.0632 e. The molecule has 0 unspecified atom stereocenters. The third-order valence-electron chi connectivity index (χ3n) is 1.29. The molecule has 0 aliphatic carbocycles. The number of likely N-dealkylation sites (N-methyl/N-ethyl adjacent to an activating group) is 1. The fourth-order valence-electron chi connectivity index (χ4n) is 0.724. The number of rotatable bonds is 3. The summed E-state index contributed by atoms with van der Waals surface area (Å²) < 4.78 is 1.06. The third kappa shape index (κ3) is 1.82. The van der Waals surface area contributed by atoms with E-state index in [9.17, 15) is 0 Å². The fraction of sp³-hybridized carbons (Fsp3) is 0.500. The molecule has 1 rings (SSSR count). The van der Waals surface area contributed by atoms with Crippen LogP contribution in [0.15, 0.2) is 10.7 Å². The van der Waals surface area contributed by atoms with E-state index in [0.29, 0.717) is 0 Å². The van der Waals surface area contributed by atoms with Crippen LogP contribution in [-0.4, -0.2) is 23.8 Å². The maximum absolute atomic E-state index is 3.87. The van der Waals surface area contributed by atoms with Gasteiger partial charge in [0.1, 0.15) is 0 Å². The Bertz CT molecular complexity index is 197. The number of aromatic nitrogens is 2. The van der Waals surface area contributed by atoms with Crippen LogP contribution in [0.5, 0.6) is 0 Å². The molecule has 0 saturated carbocycles. The lowest BCUT2D eigenvalue weighted by Crippen LogP contribution is -2.10. The predicted molar refractivity (Wildman–Crippen MR) is 43.9 cm³/mol. The van der Waals surface area contributed by atoms with E-state index in [1.165, 1.54) is 0 Å². The van der Waals surface area contributed by atoms with Gasteiger partial charge < -0.3 is 5.32 Å². The first-order chi connectivity index (χ1) is 4.84. The molecule has 3 nitrogen and oxygen atoms in total. The maximum atomic E-state index is 3.87. The molecular formula is C6H10BrN3. The van der Waals surface area contributed by atoms with Crippen molar-refractivity contribution in [1.29, 1.82) is 0 Å². The lowest BCUT2D eigenvalue weighted by molar-refractivity contribution is 0.770. The van der Waals surface area contributed by atoms with E-state index in [1.54, 1.807) is 6.20 Å². The average molecular weight is 204 g/mol. The van der Waals surface area contributed by atoms with Crippen LogP contribution >= 0.6 is 15.9 Å². The van der Waals surface area contributed by atoms with Crippen molar-refractivity contribution in [1.82, 2.24) is 15.5 Å². The highest BCUT2D eigenvalue weighted by molar-refractivity contribution is 9.10. The van der Waals surface area contributed by atoms with Crippen LogP contribution in [-0.2, 0) is 6.42 Å². The fourth-order valence-corrected chi connectivity index (χ4v) is 1.11. The molecule has 1 heterocycles. The summed E-state index contributed by atoms with van der Waals surface area (Å²) in [5.41, 5.74) is 1.15. The summed E-state index contributed by atoms with van der Waals surface area (Å²) in [5, 5.41) is 9.84. The quantitative estimate of drug-likeness (QED) is 0.768. The van der Waals surface area contributed by atoms with Crippen molar-refractivity contribution in [2.75, 3.05) is 13.6 Å². The minimum absolute atomic E-state index is 0.973. The van der Waals surface area contributed by atoms with Gasteiger partial charge >= 0.3 is 0 Å². The van der Waals surface area contributed by atoms with E-state index in [4.69, 9.17) is 0 Å². The van der Waals surface area contributed by atoms with Crippen LogP contribution in [0.3, 0.4) is 0 Å². The van der Waals surface area contributed by atoms with E-state index in [0.717, 1.165) is 23.1 Å². The number of halogens is 1. The van der Waals surface area contributed by atoms with Gasteiger partial charge in [0, 0.05) is 13.0 Å². The molecule has 10 heavy (non-hydrogen) atoms. The number of hydrogen-bond donors (Lipinski definition) is 2. The van der Waals surface area contributed by atoms with E-state index < -0.39 is 0 Å². The summed E-state index contributed by atoms with van der Waals surface area (Å²) in [4.78, 5) is 0. The Hall–Kier alpha value is -0.350. The summed E-state index contributed by atoms with van der Waals surface area (Å²) in [6, 6.07) is 0. The van der Waals surface area contributed by atoms with Crippen molar-refractivity contribution in [2.24, 2.45) is 0 Å². The molecule has 1 aromatic heterocycles. The van der Waals surface area contributed by atoms with E-state index in [1.807, 2.05) is 7.05 Å². The van der Waals surface area contributed by atoms with Crippen molar-refractivity contribution in [3.8, 4) is 0 Å². The molecule has 0 saturated heterocycles. The van der Waals surface area contributed by atoms with Crippen LogP contribution in [0.4, 0.5) is 0 Å². The molecule has 0 radical (unpaired) electrons. The zero-order valence-electron chi connectivity index (χ0n) is 5.82. The lowest BCUT2D eigenvalue weighted by Gasteiger charge is -1.95. The first kappa shape index (κ1) is 7.75. The Morgan fingerprint density at radius 2 is 2.60 bits per heavy atom. The third-order valence-corrected chi connectivity index (χ3v) is 1.97. The second-order valence-electron chi connectivity index (χ2n) is 2.05. The molecule has 2 N–H and O–H groups in total. The van der Waals surface area contributed by atoms with Crippen LogP contribution < -0.4 is 5.32 Å². The predicted octanol–water partition coefficient (Wildman–Crippen LogP) is 0.934. The van der Waals surface area contributed by atoms with E-state index >= 15 is 0 Å². The normalized spacial score (nSPS) is 10.2. The van der Waals surface area contributed by atoms with Gasteiger partial charge in [0.15, 0.2) is 0 Å². The van der Waals surface area contributed by atoms with Crippen LogP contribution in [0.2, 0.25) is 0 Å². The van der Waals surface area contributed by atoms with Crippen molar-refractivity contribution in [2.45, 2.75) is 6.42 Å². The first-order valence-electron chi connectivity index (χ1n) is 3.17. The second-order valence-corrected chi connectivity index (χ2v) is 2.90. The smallest absolute Gasteiger partial charge is 0.0632 e. The SMILES string of the molecule is CNCCc1[nH]ncc1Br. The van der Waals surface area contributed by atoms with Crippen molar-refractivity contribution in [3.63, 3.8) is 0 Å². The Morgan fingerprint density at radius 3 is 3.10 bits per heavy atom. The zero-order valence-corrected chi connectivity index (χ0v) is 7.40. The molecule has 1 aromatic rings. The first-order valence-corrected chi connectivity index (χ1v) is 3.96. The molecule has 0 amide bonds. The number of hydrogen-bond acceptors (Lipinski definition) is 2. The highest BCUT2D eigenvalue weighted by Crippen LogP contribution is 2.12. The number of H-pyrrole nitrogens is 1. The summed E-state index contributed by atoms with van der Waals surface area (Å²) in [6.45, 7) is 0.973. The lowest BCUT2D eigenvalue weighted by atomic mass is 10.3. The van der Waals surface area contributed by atoms with E-state index in [-0.39, 0.29) is 0 Å². The highest BCUT2D eigenvalue weighted by Gasteiger charge is 1.98. The van der Waals surface area contributed by atoms with Gasteiger partial charge in [0.2, 0.25) is 0 Å². The van der Waals surface area contributed by atoms with Crippen molar-refractivity contribution in [3.05, 3.63) is 16.4 Å². The summed E-state index contributed by atoms with van der Waals surface area (Å²) in [7, 11) is 1.93. The molecule has 0 bridgehead atoms. The number of nitrogens with one attached hydrogen (secondary N) is 2. The molecular weight excluding hydrogens is 194 g/mol. The van der Waals surface area contributed by atoms with Crippen LogP contribution in [0.1, 0.15) is 5.69 Å². The average Bonchev–Trinajstić information content (AvgIpc) is 2.31. The van der Waals surface area contributed by atoms with Gasteiger partial charge in [0.25, 0.3) is 0 Å². The van der Waals surface area contributed by atoms with E-state index in [2.05, 4.69) is 31.4 Å². The van der Waals surface area contributed by atoms with Gasteiger partial charge in [-0.15, -0.1) is 0 Å². The molecule has 0 spiro atoms. The van der Waals surface area contributed by atoms with Crippen molar-refractivity contribution >= 4 is 15.9 Å². The zero-order chi connectivity index (χ0) is 7.40. The minimum atomic E-state index is 0.973. The molecule has 0 aliphatic heterocycles. The Kier molecular flexibility index (Phi) is 2.89. The van der Waals surface area contributed by atoms with Gasteiger partial charge in [0.05, 0.1) is 16.4 Å². The summed E-state index contributed by atoms with van der Waals surface area (Å²) >= 11 is 3.37. The summed E-state index contributed by atoms with van der Waals surface area (Å²) in [5.74, 6) is 0. The van der Waals surface area contributed by atoms with Gasteiger partial charge in [-0.05, 0) is 23.0 Å². The molecule has 56 valence electrons. The molecule has 0 atom stereocenters. The van der Waals surface area contributed by atoms with Gasteiger partial charge in [-0.2, -0.15) is 5.10 Å². The van der Waals surface area contributed by atoms with Gasteiger partial charge in [-0.25, -0.2) is 0 Å². The number of aromatic amines is 1. The molecule has 4 heteroatoms. The Labute approximate surface area is 68.3 Å². The van der Waals surface area contributed by atoms with Gasteiger partial charge in [-0.3, -0.25) is 5.10 Å². The van der Waals surface area contributed by atoms with Gasteiger partial charge in [-0.1, -0.05) is 0 Å². The molecule has 0 fully saturated rings. The Balaban J connectivity index is 2.49. The summed E-state index contributed by atoms with van der Waals surface area (Å²) in [6.07, 6.45) is 2.75. The standard InChI is InChI=1S/C6H10BrN3/c1-8-3-2-6-5(7)4-9-10-6/h4,8H,2-3H2,1H3,(H,9,10). The minimum Gasteiger partial charge on any atom is -0.319 e. The second kappa shape index (κ2) is 3.73. The molecule has 0 aromatic carbocycles. The highest BCUT2D eigenvalue weighted by atomic mass is 79.9. The number of nitrogens with zero attached hydrogens (tertiary/aromatic N) is 1. The van der Waals surface area contributed by atoms with Crippen molar-refractivity contribution < 1.29 is 0 Å². The largest absolute Gasteiger partial charge is 0.319 e. The molecule has 0 aliphatic rings. The Morgan fingerprint density at radius 1 is 1.80 bits per heavy atom. The van der Waals surface area contributed by atoms with Crippen LogP contribution in [0, 0.1) is 0 Å². The topological polar surface area (TPSA) is 40.7 Å². The van der Waals surface area contributed by atoms with Crippen LogP contribution in [0.25, 0.3) is 0 Å².